The topological polar surface area (TPSA) is 77.2 Å². The van der Waals surface area contributed by atoms with E-state index in [2.05, 4.69) is 10.3 Å². The van der Waals surface area contributed by atoms with Gasteiger partial charge in [-0.3, -0.25) is 9.78 Å². The fraction of sp³-hybridized carbons (Fsp3) is 0.455. The van der Waals surface area contributed by atoms with Crippen LogP contribution in [-0.2, 0) is 0 Å². The summed E-state index contributed by atoms with van der Waals surface area (Å²) in [5, 5.41) is 2.78. The van der Waals surface area contributed by atoms with Gasteiger partial charge < -0.3 is 15.8 Å². The van der Waals surface area contributed by atoms with Crippen molar-refractivity contribution in [2.75, 3.05) is 13.7 Å². The molecule has 5 heteroatoms. The van der Waals surface area contributed by atoms with Crippen molar-refractivity contribution in [1.82, 2.24) is 10.3 Å². The van der Waals surface area contributed by atoms with Crippen LogP contribution >= 0.6 is 0 Å². The molecule has 1 aromatic rings. The highest BCUT2D eigenvalue weighted by molar-refractivity contribution is 5.96. The van der Waals surface area contributed by atoms with Gasteiger partial charge in [0, 0.05) is 18.8 Å². The number of nitrogens with two attached hydrogens (primary N) is 1. The van der Waals surface area contributed by atoms with E-state index in [1.165, 1.54) is 13.3 Å². The van der Waals surface area contributed by atoms with Crippen LogP contribution in [-0.4, -0.2) is 30.6 Å². The van der Waals surface area contributed by atoms with E-state index in [9.17, 15) is 4.79 Å². The molecule has 1 aromatic heterocycles. The Hall–Kier alpha value is -1.62. The Balaban J connectivity index is 2.59. The average molecular weight is 223 g/mol. The van der Waals surface area contributed by atoms with E-state index in [0.717, 1.165) is 6.42 Å². The highest BCUT2D eigenvalue weighted by atomic mass is 16.5. The van der Waals surface area contributed by atoms with Crippen LogP contribution in [0.15, 0.2) is 18.5 Å². The monoisotopic (exact) mass is 223 g/mol. The number of nitrogens with one attached hydrogen (secondary N) is 1. The first-order chi connectivity index (χ1) is 7.65. The van der Waals surface area contributed by atoms with E-state index in [1.54, 1.807) is 12.3 Å². The minimum Gasteiger partial charge on any atom is -0.494 e. The number of methoxy groups -OCH3 is 1. The molecular weight excluding hydrogens is 206 g/mol. The normalized spacial score (nSPS) is 11.9. The predicted molar refractivity (Wildman–Crippen MR) is 61.4 cm³/mol. The molecule has 16 heavy (non-hydrogen) atoms. The fourth-order valence-corrected chi connectivity index (χ4v) is 1.24. The first-order valence-corrected chi connectivity index (χ1v) is 5.17. The molecule has 0 aliphatic heterocycles. The second-order valence-corrected chi connectivity index (χ2v) is 3.60. The molecule has 0 radical (unpaired) electrons. The van der Waals surface area contributed by atoms with Gasteiger partial charge in [-0.15, -0.1) is 0 Å². The zero-order chi connectivity index (χ0) is 12.0. The van der Waals surface area contributed by atoms with Crippen molar-refractivity contribution >= 4 is 5.91 Å². The Morgan fingerprint density at radius 3 is 3.06 bits per heavy atom. The smallest absolute Gasteiger partial charge is 0.255 e. The van der Waals surface area contributed by atoms with Crippen molar-refractivity contribution in [2.24, 2.45) is 5.73 Å². The Bertz CT molecular complexity index is 353. The molecule has 0 aromatic carbocycles. The molecule has 1 amide bonds. The summed E-state index contributed by atoms with van der Waals surface area (Å²) in [6, 6.07) is 1.71. The van der Waals surface area contributed by atoms with E-state index in [0.29, 0.717) is 17.9 Å². The maximum absolute atomic E-state index is 11.7. The van der Waals surface area contributed by atoms with Gasteiger partial charge in [0.1, 0.15) is 5.75 Å². The first kappa shape index (κ1) is 12.4. The van der Waals surface area contributed by atoms with Crippen molar-refractivity contribution < 1.29 is 9.53 Å². The van der Waals surface area contributed by atoms with Crippen LogP contribution in [0.5, 0.6) is 5.75 Å². The van der Waals surface area contributed by atoms with Crippen LogP contribution in [0.25, 0.3) is 0 Å². The van der Waals surface area contributed by atoms with Crippen molar-refractivity contribution in [3.8, 4) is 5.75 Å². The van der Waals surface area contributed by atoms with Crippen LogP contribution in [0, 0.1) is 0 Å². The number of hydrogen-bond acceptors (Lipinski definition) is 4. The van der Waals surface area contributed by atoms with Crippen molar-refractivity contribution in [3.63, 3.8) is 0 Å². The number of carbonyl (C=O) groups excluding carboxylic acids is 1. The number of amides is 1. The molecule has 0 saturated heterocycles. The summed E-state index contributed by atoms with van der Waals surface area (Å²) in [6.07, 6.45) is 3.82. The second-order valence-electron chi connectivity index (χ2n) is 3.60. The summed E-state index contributed by atoms with van der Waals surface area (Å²) < 4.78 is 5.05. The number of aromatic nitrogens is 1. The van der Waals surface area contributed by atoms with Crippen LogP contribution < -0.4 is 15.8 Å². The minimum atomic E-state index is -0.167. The zero-order valence-corrected chi connectivity index (χ0v) is 9.56. The van der Waals surface area contributed by atoms with Gasteiger partial charge in [-0.05, 0) is 19.4 Å². The lowest BCUT2D eigenvalue weighted by molar-refractivity contribution is 0.0949. The predicted octanol–water partition coefficient (Wildman–Crippen LogP) is 0.557. The summed E-state index contributed by atoms with van der Waals surface area (Å²) in [5.41, 5.74) is 6.08. The Morgan fingerprint density at radius 1 is 1.69 bits per heavy atom. The van der Waals surface area contributed by atoms with Crippen LogP contribution in [0.4, 0.5) is 0 Å². The Kier molecular flexibility index (Phi) is 4.72. The molecule has 0 aliphatic rings. The molecule has 0 aliphatic carbocycles. The average Bonchev–Trinajstić information content (AvgIpc) is 2.28. The third-order valence-electron chi connectivity index (χ3n) is 2.13. The van der Waals surface area contributed by atoms with Gasteiger partial charge in [0.15, 0.2) is 0 Å². The zero-order valence-electron chi connectivity index (χ0n) is 9.56. The van der Waals surface area contributed by atoms with Crippen LogP contribution in [0.3, 0.4) is 0 Å². The molecule has 3 N–H and O–H groups in total. The van der Waals surface area contributed by atoms with Gasteiger partial charge in [0.2, 0.25) is 0 Å². The van der Waals surface area contributed by atoms with Gasteiger partial charge in [-0.25, -0.2) is 0 Å². The third-order valence-corrected chi connectivity index (χ3v) is 2.13. The molecule has 1 heterocycles. The number of pyridine rings is 1. The summed E-state index contributed by atoms with van der Waals surface area (Å²) in [7, 11) is 1.51. The highest BCUT2D eigenvalue weighted by Crippen LogP contribution is 2.14. The van der Waals surface area contributed by atoms with Gasteiger partial charge >= 0.3 is 0 Å². The van der Waals surface area contributed by atoms with Gasteiger partial charge in [0.25, 0.3) is 5.91 Å². The molecular formula is C11H17N3O2. The Labute approximate surface area is 95.0 Å². The van der Waals surface area contributed by atoms with E-state index >= 15 is 0 Å². The van der Waals surface area contributed by atoms with Crippen molar-refractivity contribution in [3.05, 3.63) is 24.0 Å². The summed E-state index contributed by atoms with van der Waals surface area (Å²) >= 11 is 0. The number of ether oxygens (including phenoxy) is 1. The van der Waals surface area contributed by atoms with Gasteiger partial charge in [-0.1, -0.05) is 0 Å². The molecule has 1 unspecified atom stereocenters. The van der Waals surface area contributed by atoms with E-state index < -0.39 is 0 Å². The molecule has 0 bridgehead atoms. The summed E-state index contributed by atoms with van der Waals surface area (Å²) in [6.45, 7) is 2.46. The first-order valence-electron chi connectivity index (χ1n) is 5.17. The number of nitrogens with zero attached hydrogens (tertiary/aromatic N) is 1. The minimum absolute atomic E-state index is 0.0830. The number of rotatable bonds is 5. The van der Waals surface area contributed by atoms with E-state index in [1.807, 2.05) is 6.92 Å². The SMILES string of the molecule is COc1cnccc1C(=O)NCCC(C)N. The summed E-state index contributed by atoms with van der Waals surface area (Å²) in [4.78, 5) is 15.6. The number of hydrogen-bond donors (Lipinski definition) is 2. The molecule has 5 nitrogen and oxygen atoms in total. The largest absolute Gasteiger partial charge is 0.494 e. The molecule has 0 spiro atoms. The lowest BCUT2D eigenvalue weighted by atomic mass is 10.2. The second kappa shape index (κ2) is 6.07. The van der Waals surface area contributed by atoms with E-state index in [-0.39, 0.29) is 11.9 Å². The summed E-state index contributed by atoms with van der Waals surface area (Å²) in [5.74, 6) is 0.306. The molecule has 88 valence electrons. The highest BCUT2D eigenvalue weighted by Gasteiger charge is 2.11. The maximum atomic E-state index is 11.7. The molecule has 1 atom stereocenters. The maximum Gasteiger partial charge on any atom is 0.255 e. The standard InChI is InChI=1S/C11H17N3O2/c1-8(12)3-6-14-11(15)9-4-5-13-7-10(9)16-2/h4-5,7-8H,3,6,12H2,1-2H3,(H,14,15). The van der Waals surface area contributed by atoms with Crippen molar-refractivity contribution in [2.45, 2.75) is 19.4 Å². The molecule has 0 saturated carbocycles. The third kappa shape index (κ3) is 3.51. The van der Waals surface area contributed by atoms with E-state index in [4.69, 9.17) is 10.5 Å². The Morgan fingerprint density at radius 2 is 2.44 bits per heavy atom. The number of carbonyl (C=O) groups is 1. The molecule has 1 rings (SSSR count). The van der Waals surface area contributed by atoms with Gasteiger partial charge in [-0.2, -0.15) is 0 Å². The quantitative estimate of drug-likeness (QED) is 0.764. The van der Waals surface area contributed by atoms with Gasteiger partial charge in [0.05, 0.1) is 18.9 Å². The van der Waals surface area contributed by atoms with Crippen molar-refractivity contribution in [1.29, 1.82) is 0 Å². The fourth-order valence-electron chi connectivity index (χ4n) is 1.24. The van der Waals surface area contributed by atoms with Crippen LogP contribution in [0.1, 0.15) is 23.7 Å². The van der Waals surface area contributed by atoms with Crippen LogP contribution in [0.2, 0.25) is 0 Å². The lowest BCUT2D eigenvalue weighted by Gasteiger charge is -2.09. The molecule has 0 fully saturated rings. The lowest BCUT2D eigenvalue weighted by Crippen LogP contribution is -2.29.